The number of fused-ring (bicyclic) bond motifs is 3. The van der Waals surface area contributed by atoms with Crippen LogP contribution in [0, 0.1) is 17.8 Å². The van der Waals surface area contributed by atoms with Gasteiger partial charge in [0, 0.05) is 18.3 Å². The van der Waals surface area contributed by atoms with Crippen LogP contribution in [-0.2, 0) is 11.3 Å². The fourth-order valence-corrected chi connectivity index (χ4v) is 3.86. The summed E-state index contributed by atoms with van der Waals surface area (Å²) in [5.41, 5.74) is 1.12. The van der Waals surface area contributed by atoms with E-state index in [-0.39, 0.29) is 5.91 Å². The molecule has 0 spiro atoms. The summed E-state index contributed by atoms with van der Waals surface area (Å²) in [4.78, 5) is 12.2. The van der Waals surface area contributed by atoms with Gasteiger partial charge in [0.15, 0.2) is 0 Å². The Balaban J connectivity index is 1.37. The molecule has 1 saturated carbocycles. The number of allylic oxidation sites excluding steroid dienone is 2. The van der Waals surface area contributed by atoms with Gasteiger partial charge in [-0.2, -0.15) is 0 Å². The van der Waals surface area contributed by atoms with E-state index >= 15 is 0 Å². The first-order valence-electron chi connectivity index (χ1n) is 7.78. The van der Waals surface area contributed by atoms with E-state index in [1.165, 1.54) is 18.2 Å². The molecular weight excluding hydrogens is 260 g/mol. The van der Waals surface area contributed by atoms with Crippen LogP contribution in [0.3, 0.4) is 0 Å². The molecule has 21 heavy (non-hydrogen) atoms. The van der Waals surface area contributed by atoms with Gasteiger partial charge in [0.25, 0.3) is 0 Å². The predicted molar refractivity (Wildman–Crippen MR) is 83.8 cm³/mol. The number of para-hydroxylation sites is 1. The smallest absolute Gasteiger partial charge is 0.239 e. The van der Waals surface area contributed by atoms with E-state index in [0.717, 1.165) is 18.0 Å². The number of rotatable bonds is 4. The maximum absolute atomic E-state index is 12.2. The minimum absolute atomic E-state index is 0.114. The van der Waals surface area contributed by atoms with E-state index in [0.29, 0.717) is 18.4 Å². The molecule has 1 amide bonds. The summed E-state index contributed by atoms with van der Waals surface area (Å²) >= 11 is 0. The molecule has 3 unspecified atom stereocenters. The topological polar surface area (TPSA) is 34.0 Å². The first-order valence-corrected chi connectivity index (χ1v) is 7.78. The molecule has 2 bridgehead atoms. The number of amides is 1. The van der Waals surface area contributed by atoms with E-state index in [1.807, 2.05) is 22.9 Å². The van der Waals surface area contributed by atoms with Gasteiger partial charge in [-0.05, 0) is 48.1 Å². The summed E-state index contributed by atoms with van der Waals surface area (Å²) in [6.45, 7) is 1.23. The van der Waals surface area contributed by atoms with Gasteiger partial charge in [-0.3, -0.25) is 4.79 Å². The van der Waals surface area contributed by atoms with Gasteiger partial charge in [-0.25, -0.2) is 0 Å². The van der Waals surface area contributed by atoms with Crippen molar-refractivity contribution in [3.8, 4) is 0 Å². The standard InChI is InChI=1S/C18H20N2O/c21-18(19-11-16-10-13-5-6-15(16)9-13)12-20-8-7-14-3-1-2-4-17(14)20/h1-8,13,15-16H,9-12H2,(H,19,21). The Morgan fingerprint density at radius 1 is 1.19 bits per heavy atom. The van der Waals surface area contributed by atoms with Crippen LogP contribution in [0.25, 0.3) is 10.9 Å². The summed E-state index contributed by atoms with van der Waals surface area (Å²) in [7, 11) is 0. The largest absolute Gasteiger partial charge is 0.354 e. The summed E-state index contributed by atoms with van der Waals surface area (Å²) in [6.07, 6.45) is 9.21. The molecule has 1 fully saturated rings. The summed E-state index contributed by atoms with van der Waals surface area (Å²) in [5.74, 6) is 2.22. The highest BCUT2D eigenvalue weighted by molar-refractivity contribution is 5.83. The van der Waals surface area contributed by atoms with Gasteiger partial charge >= 0.3 is 0 Å². The van der Waals surface area contributed by atoms with Gasteiger partial charge in [-0.15, -0.1) is 0 Å². The second-order valence-corrected chi connectivity index (χ2v) is 6.35. The molecule has 108 valence electrons. The predicted octanol–water partition coefficient (Wildman–Crippen LogP) is 2.97. The van der Waals surface area contributed by atoms with Crippen LogP contribution >= 0.6 is 0 Å². The lowest BCUT2D eigenvalue weighted by atomic mass is 9.94. The van der Waals surface area contributed by atoms with Crippen molar-refractivity contribution in [3.63, 3.8) is 0 Å². The number of carbonyl (C=O) groups excluding carboxylic acids is 1. The van der Waals surface area contributed by atoms with Crippen LogP contribution in [0.15, 0.2) is 48.7 Å². The minimum Gasteiger partial charge on any atom is -0.354 e. The molecular formula is C18H20N2O. The van der Waals surface area contributed by atoms with Crippen molar-refractivity contribution < 1.29 is 4.79 Å². The molecule has 0 saturated heterocycles. The highest BCUT2D eigenvalue weighted by atomic mass is 16.1. The minimum atomic E-state index is 0.114. The zero-order valence-electron chi connectivity index (χ0n) is 12.0. The van der Waals surface area contributed by atoms with Gasteiger partial charge in [0.1, 0.15) is 6.54 Å². The number of nitrogens with zero attached hydrogens (tertiary/aromatic N) is 1. The number of nitrogens with one attached hydrogen (secondary N) is 1. The fraction of sp³-hybridized carbons (Fsp3) is 0.389. The molecule has 1 heterocycles. The Hall–Kier alpha value is -2.03. The average molecular weight is 280 g/mol. The van der Waals surface area contributed by atoms with E-state index < -0.39 is 0 Å². The van der Waals surface area contributed by atoms with E-state index in [4.69, 9.17) is 0 Å². The van der Waals surface area contributed by atoms with Crippen molar-refractivity contribution in [1.29, 1.82) is 0 Å². The van der Waals surface area contributed by atoms with Crippen LogP contribution in [0.2, 0.25) is 0 Å². The number of carbonyl (C=O) groups is 1. The van der Waals surface area contributed by atoms with Crippen LogP contribution in [0.5, 0.6) is 0 Å². The molecule has 1 N–H and O–H groups in total. The van der Waals surface area contributed by atoms with Crippen LogP contribution in [0.1, 0.15) is 12.8 Å². The fourth-order valence-electron chi connectivity index (χ4n) is 3.86. The van der Waals surface area contributed by atoms with Crippen molar-refractivity contribution in [2.24, 2.45) is 17.8 Å². The molecule has 0 radical (unpaired) electrons. The first-order chi connectivity index (χ1) is 10.3. The SMILES string of the molecule is O=C(Cn1ccc2ccccc21)NCC1CC2C=CC1C2. The summed E-state index contributed by atoms with van der Waals surface area (Å²) in [6, 6.07) is 10.2. The molecule has 3 heteroatoms. The number of hydrogen-bond acceptors (Lipinski definition) is 1. The average Bonchev–Trinajstić information content (AvgIpc) is 3.21. The highest BCUT2D eigenvalue weighted by Crippen LogP contribution is 2.42. The molecule has 0 aliphatic heterocycles. The maximum atomic E-state index is 12.2. The zero-order valence-corrected chi connectivity index (χ0v) is 12.0. The van der Waals surface area contributed by atoms with Crippen molar-refractivity contribution in [2.75, 3.05) is 6.54 Å². The molecule has 2 aliphatic rings. The van der Waals surface area contributed by atoms with E-state index in [1.54, 1.807) is 0 Å². The maximum Gasteiger partial charge on any atom is 0.239 e. The number of aromatic nitrogens is 1. The van der Waals surface area contributed by atoms with Crippen molar-refractivity contribution >= 4 is 16.8 Å². The number of hydrogen-bond donors (Lipinski definition) is 1. The van der Waals surface area contributed by atoms with Gasteiger partial charge in [0.2, 0.25) is 5.91 Å². The lowest BCUT2D eigenvalue weighted by Crippen LogP contribution is -2.33. The Bertz CT molecular complexity index is 700. The molecule has 1 aromatic carbocycles. The number of benzene rings is 1. The molecule has 2 aliphatic carbocycles. The monoisotopic (exact) mass is 280 g/mol. The zero-order chi connectivity index (χ0) is 14.2. The quantitative estimate of drug-likeness (QED) is 0.858. The third-order valence-corrected chi connectivity index (χ3v) is 4.97. The van der Waals surface area contributed by atoms with Crippen molar-refractivity contribution in [3.05, 3.63) is 48.7 Å². The van der Waals surface area contributed by atoms with Gasteiger partial charge in [-0.1, -0.05) is 30.4 Å². The Kier molecular flexibility index (Phi) is 3.06. The second-order valence-electron chi connectivity index (χ2n) is 6.35. The van der Waals surface area contributed by atoms with E-state index in [2.05, 4.69) is 35.7 Å². The summed E-state index contributed by atoms with van der Waals surface area (Å²) in [5, 5.41) is 4.30. The molecule has 1 aromatic heterocycles. The Labute approximate surface area is 124 Å². The third-order valence-electron chi connectivity index (χ3n) is 4.97. The van der Waals surface area contributed by atoms with Crippen LogP contribution in [-0.4, -0.2) is 17.0 Å². The van der Waals surface area contributed by atoms with Gasteiger partial charge < -0.3 is 9.88 Å². The molecule has 2 aromatic rings. The highest BCUT2D eigenvalue weighted by Gasteiger charge is 2.35. The van der Waals surface area contributed by atoms with Gasteiger partial charge in [0.05, 0.1) is 0 Å². The van der Waals surface area contributed by atoms with Crippen LogP contribution < -0.4 is 5.32 Å². The second kappa shape index (κ2) is 5.06. The molecule has 4 rings (SSSR count). The first kappa shape index (κ1) is 12.7. The van der Waals surface area contributed by atoms with E-state index in [9.17, 15) is 4.79 Å². The normalized spacial score (nSPS) is 26.6. The molecule has 3 atom stereocenters. The lowest BCUT2D eigenvalue weighted by molar-refractivity contribution is -0.121. The van der Waals surface area contributed by atoms with Crippen LogP contribution in [0.4, 0.5) is 0 Å². The third kappa shape index (κ3) is 2.37. The summed E-state index contributed by atoms with van der Waals surface area (Å²) < 4.78 is 2.02. The van der Waals surface area contributed by atoms with Crippen molar-refractivity contribution in [1.82, 2.24) is 9.88 Å². The Morgan fingerprint density at radius 3 is 2.90 bits per heavy atom. The molecule has 3 nitrogen and oxygen atoms in total. The van der Waals surface area contributed by atoms with Crippen molar-refractivity contribution in [2.45, 2.75) is 19.4 Å². The Morgan fingerprint density at radius 2 is 2.10 bits per heavy atom. The lowest BCUT2D eigenvalue weighted by Gasteiger charge is -2.18.